The van der Waals surface area contributed by atoms with E-state index in [1.807, 2.05) is 54.6 Å². The molecule has 0 unspecified atom stereocenters. The fourth-order valence-electron chi connectivity index (χ4n) is 4.24. The zero-order valence-electron chi connectivity index (χ0n) is 18.6. The van der Waals surface area contributed by atoms with Crippen LogP contribution < -0.4 is 11.2 Å². The van der Waals surface area contributed by atoms with Crippen LogP contribution in [0.2, 0.25) is 0 Å². The molecule has 0 saturated carbocycles. The summed E-state index contributed by atoms with van der Waals surface area (Å²) in [5.74, 6) is -0.649. The van der Waals surface area contributed by atoms with Gasteiger partial charge in [-0.15, -0.1) is 0 Å². The monoisotopic (exact) mass is 451 g/mol. The number of rotatable bonds is 4. The van der Waals surface area contributed by atoms with Crippen LogP contribution in [0.1, 0.15) is 16.1 Å². The predicted octanol–water partition coefficient (Wildman–Crippen LogP) is 3.84. The van der Waals surface area contributed by atoms with Crippen LogP contribution in [0.15, 0.2) is 88.5 Å². The molecule has 168 valence electrons. The molecule has 7 nitrogen and oxygen atoms in total. The molecule has 34 heavy (non-hydrogen) atoms. The van der Waals surface area contributed by atoms with Crippen molar-refractivity contribution in [2.24, 2.45) is 14.1 Å². The largest absolute Gasteiger partial charge is 0.507 e. The molecule has 0 bridgehead atoms. The molecule has 2 aromatic heterocycles. The Hall–Kier alpha value is -4.65. The van der Waals surface area contributed by atoms with Crippen LogP contribution in [0, 0.1) is 0 Å². The van der Waals surface area contributed by atoms with Crippen molar-refractivity contribution in [1.29, 1.82) is 0 Å². The number of nitrogens with one attached hydrogen (secondary N) is 1. The highest BCUT2D eigenvalue weighted by Gasteiger charge is 2.26. The highest BCUT2D eigenvalue weighted by molar-refractivity contribution is 6.17. The SMILES string of the molecule is Cn1c(=O)c2c(-c3ccc(-c4ccccc4)cc3)c(C(=O)c3ccccc3O)[nH]c2n(C)c1=O. The van der Waals surface area contributed by atoms with E-state index in [1.165, 1.54) is 30.8 Å². The maximum Gasteiger partial charge on any atom is 0.332 e. The molecular formula is C27H21N3O4. The van der Waals surface area contributed by atoms with E-state index < -0.39 is 17.0 Å². The second-order valence-corrected chi connectivity index (χ2v) is 8.09. The van der Waals surface area contributed by atoms with Gasteiger partial charge in [0, 0.05) is 19.7 Å². The third-order valence-corrected chi connectivity index (χ3v) is 6.06. The molecular weight excluding hydrogens is 430 g/mol. The number of carbonyl (C=O) groups is 1. The number of ketones is 1. The summed E-state index contributed by atoms with van der Waals surface area (Å²) in [5, 5.41) is 10.5. The van der Waals surface area contributed by atoms with Crippen LogP contribution >= 0.6 is 0 Å². The highest BCUT2D eigenvalue weighted by Crippen LogP contribution is 2.34. The van der Waals surface area contributed by atoms with Gasteiger partial charge in [0.15, 0.2) is 0 Å². The fraction of sp³-hybridized carbons (Fsp3) is 0.0741. The number of fused-ring (bicyclic) bond motifs is 1. The lowest BCUT2D eigenvalue weighted by Crippen LogP contribution is -2.36. The van der Waals surface area contributed by atoms with Crippen LogP contribution in [0.5, 0.6) is 5.75 Å². The Kier molecular flexibility index (Phi) is 5.02. The third kappa shape index (κ3) is 3.26. The second kappa shape index (κ2) is 8.04. The molecule has 0 radical (unpaired) electrons. The highest BCUT2D eigenvalue weighted by atomic mass is 16.3. The molecule has 3 aromatic carbocycles. The number of hydrogen-bond acceptors (Lipinski definition) is 4. The van der Waals surface area contributed by atoms with Crippen molar-refractivity contribution in [2.45, 2.75) is 0 Å². The molecule has 5 aromatic rings. The predicted molar refractivity (Wildman–Crippen MR) is 131 cm³/mol. The summed E-state index contributed by atoms with van der Waals surface area (Å²) in [6.07, 6.45) is 0. The van der Waals surface area contributed by atoms with E-state index in [2.05, 4.69) is 4.98 Å². The Morgan fingerprint density at radius 3 is 2.03 bits per heavy atom. The standard InChI is InChI=1S/C27H21N3O4/c1-29-25-22(26(33)30(2)27(29)34)21(23(28-25)24(32)19-10-6-7-11-20(19)31)18-14-12-17(13-15-18)16-8-4-3-5-9-16/h3-15,28,31H,1-2H3. The molecule has 0 aliphatic rings. The van der Waals surface area contributed by atoms with Crippen molar-refractivity contribution in [3.8, 4) is 28.0 Å². The fourth-order valence-corrected chi connectivity index (χ4v) is 4.24. The first-order chi connectivity index (χ1) is 16.4. The van der Waals surface area contributed by atoms with Gasteiger partial charge < -0.3 is 10.1 Å². The minimum Gasteiger partial charge on any atom is -0.507 e. The molecule has 0 amide bonds. The number of phenols is 1. The maximum absolute atomic E-state index is 13.5. The number of aryl methyl sites for hydroxylation is 1. The van der Waals surface area contributed by atoms with Crippen molar-refractivity contribution >= 4 is 16.8 Å². The lowest BCUT2D eigenvalue weighted by molar-refractivity contribution is 0.103. The van der Waals surface area contributed by atoms with Crippen molar-refractivity contribution < 1.29 is 9.90 Å². The minimum atomic E-state index is -0.508. The molecule has 0 fully saturated rings. The number of phenolic OH excluding ortho intramolecular Hbond substituents is 1. The molecule has 0 atom stereocenters. The summed E-state index contributed by atoms with van der Waals surface area (Å²) in [6.45, 7) is 0. The van der Waals surface area contributed by atoms with Gasteiger partial charge in [-0.05, 0) is 28.8 Å². The molecule has 5 rings (SSSR count). The maximum atomic E-state index is 13.5. The number of aromatic amines is 1. The Balaban J connectivity index is 1.80. The smallest absolute Gasteiger partial charge is 0.332 e. The molecule has 7 heteroatoms. The first-order valence-corrected chi connectivity index (χ1v) is 10.7. The van der Waals surface area contributed by atoms with E-state index in [9.17, 15) is 19.5 Å². The Bertz CT molecular complexity index is 1670. The summed E-state index contributed by atoms with van der Waals surface area (Å²) in [4.78, 5) is 42.3. The lowest BCUT2D eigenvalue weighted by Gasteiger charge is -2.08. The van der Waals surface area contributed by atoms with Crippen molar-refractivity contribution in [3.05, 3.63) is 111 Å². The summed E-state index contributed by atoms with van der Waals surface area (Å²) in [5.41, 5.74) is 2.50. The number of aromatic nitrogens is 3. The number of hydrogen-bond donors (Lipinski definition) is 2. The molecule has 0 saturated heterocycles. The van der Waals surface area contributed by atoms with E-state index in [-0.39, 0.29) is 28.0 Å². The van der Waals surface area contributed by atoms with E-state index in [4.69, 9.17) is 0 Å². The Labute approximate surface area is 194 Å². The van der Waals surface area contributed by atoms with Gasteiger partial charge in [0.1, 0.15) is 11.4 Å². The Morgan fingerprint density at radius 1 is 0.765 bits per heavy atom. The van der Waals surface area contributed by atoms with Gasteiger partial charge in [-0.3, -0.25) is 18.7 Å². The summed E-state index contributed by atoms with van der Waals surface area (Å²) >= 11 is 0. The van der Waals surface area contributed by atoms with Gasteiger partial charge in [-0.25, -0.2) is 4.79 Å². The molecule has 0 aliphatic carbocycles. The Morgan fingerprint density at radius 2 is 1.35 bits per heavy atom. The van der Waals surface area contributed by atoms with Crippen LogP contribution in [-0.2, 0) is 14.1 Å². The number of carbonyl (C=O) groups excluding carboxylic acids is 1. The summed E-state index contributed by atoms with van der Waals surface area (Å²) in [6, 6.07) is 23.6. The quantitative estimate of drug-likeness (QED) is 0.406. The van der Waals surface area contributed by atoms with E-state index in [1.54, 1.807) is 12.1 Å². The van der Waals surface area contributed by atoms with Gasteiger partial charge in [-0.2, -0.15) is 0 Å². The number of benzene rings is 3. The van der Waals surface area contributed by atoms with Gasteiger partial charge in [0.2, 0.25) is 5.78 Å². The topological polar surface area (TPSA) is 97.1 Å². The third-order valence-electron chi connectivity index (χ3n) is 6.06. The van der Waals surface area contributed by atoms with Gasteiger partial charge in [0.25, 0.3) is 5.56 Å². The number of nitrogens with zero attached hydrogens (tertiary/aromatic N) is 2. The van der Waals surface area contributed by atoms with E-state index >= 15 is 0 Å². The van der Waals surface area contributed by atoms with Gasteiger partial charge >= 0.3 is 5.69 Å². The van der Waals surface area contributed by atoms with Crippen molar-refractivity contribution in [3.63, 3.8) is 0 Å². The summed E-state index contributed by atoms with van der Waals surface area (Å²) in [7, 11) is 2.95. The van der Waals surface area contributed by atoms with Gasteiger partial charge in [0.05, 0.1) is 16.6 Å². The van der Waals surface area contributed by atoms with Gasteiger partial charge in [-0.1, -0.05) is 66.7 Å². The van der Waals surface area contributed by atoms with Crippen LogP contribution in [-0.4, -0.2) is 25.0 Å². The second-order valence-electron chi connectivity index (χ2n) is 8.09. The van der Waals surface area contributed by atoms with E-state index in [0.29, 0.717) is 11.1 Å². The first kappa shape index (κ1) is 21.2. The van der Waals surface area contributed by atoms with E-state index in [0.717, 1.165) is 15.7 Å². The van der Waals surface area contributed by atoms with Crippen LogP contribution in [0.25, 0.3) is 33.3 Å². The zero-order valence-corrected chi connectivity index (χ0v) is 18.6. The number of H-pyrrole nitrogens is 1. The minimum absolute atomic E-state index is 0.0954. The van der Waals surface area contributed by atoms with Crippen molar-refractivity contribution in [2.75, 3.05) is 0 Å². The van der Waals surface area contributed by atoms with Crippen LogP contribution in [0.4, 0.5) is 0 Å². The normalized spacial score (nSPS) is 11.1. The molecule has 2 N–H and O–H groups in total. The summed E-state index contributed by atoms with van der Waals surface area (Å²) < 4.78 is 2.33. The first-order valence-electron chi connectivity index (χ1n) is 10.7. The zero-order chi connectivity index (χ0) is 24.0. The average Bonchev–Trinajstić information content (AvgIpc) is 3.27. The number of para-hydroxylation sites is 1. The molecule has 0 spiro atoms. The van der Waals surface area contributed by atoms with Crippen molar-refractivity contribution in [1.82, 2.24) is 14.1 Å². The molecule has 2 heterocycles. The lowest BCUT2D eigenvalue weighted by atomic mass is 9.96. The van der Waals surface area contributed by atoms with Crippen LogP contribution in [0.3, 0.4) is 0 Å². The average molecular weight is 451 g/mol. The molecule has 0 aliphatic heterocycles. The number of aromatic hydroxyl groups is 1.